The van der Waals surface area contributed by atoms with Crippen LogP contribution in [0.25, 0.3) is 0 Å². The van der Waals surface area contributed by atoms with Gasteiger partial charge in [0.2, 0.25) is 5.88 Å². The smallest absolute Gasteiger partial charge is 0.344 e. The topological polar surface area (TPSA) is 97.6 Å². The minimum Gasteiger partial charge on any atom is -0.462 e. The molecular weight excluding hydrogens is 276 g/mol. The lowest BCUT2D eigenvalue weighted by atomic mass is 10.1. The first-order valence-corrected chi connectivity index (χ1v) is 6.78. The van der Waals surface area contributed by atoms with Crippen molar-refractivity contribution in [1.29, 1.82) is 0 Å². The molecule has 2 N–H and O–H groups in total. The molecule has 1 rings (SSSR count). The Morgan fingerprint density at radius 1 is 1.19 bits per heavy atom. The molecule has 0 radical (unpaired) electrons. The summed E-state index contributed by atoms with van der Waals surface area (Å²) in [5.74, 6) is -0.854. The Morgan fingerprint density at radius 3 is 2.38 bits per heavy atom. The Bertz CT molecular complexity index is 548. The highest BCUT2D eigenvalue weighted by Gasteiger charge is 2.28. The number of hydrogen-bond donors (Lipinski definition) is 2. The molecule has 1 aromatic rings. The molecule has 0 saturated carbocycles. The lowest BCUT2D eigenvalue weighted by Crippen LogP contribution is -2.29. The molecular formula is C14H20N2O5. The number of ketones is 1. The largest absolute Gasteiger partial charge is 0.462 e. The molecule has 0 fully saturated rings. The fourth-order valence-electron chi connectivity index (χ4n) is 1.84. The highest BCUT2D eigenvalue weighted by atomic mass is 16.5. The van der Waals surface area contributed by atoms with E-state index in [4.69, 9.17) is 9.15 Å². The Balaban J connectivity index is 3.13. The molecule has 0 aliphatic rings. The summed E-state index contributed by atoms with van der Waals surface area (Å²) >= 11 is 0. The van der Waals surface area contributed by atoms with E-state index in [1.807, 2.05) is 6.92 Å². The maximum atomic E-state index is 12.0. The van der Waals surface area contributed by atoms with Crippen LogP contribution in [0.3, 0.4) is 0 Å². The van der Waals surface area contributed by atoms with Crippen LogP contribution in [0.1, 0.15) is 53.7 Å². The fraction of sp³-hybridized carbons (Fsp3) is 0.500. The van der Waals surface area contributed by atoms with Gasteiger partial charge in [-0.15, -0.1) is 0 Å². The summed E-state index contributed by atoms with van der Waals surface area (Å²) in [5, 5.41) is 5.02. The second-order valence-electron chi connectivity index (χ2n) is 4.39. The van der Waals surface area contributed by atoms with Crippen LogP contribution in [0.2, 0.25) is 0 Å². The Kier molecular flexibility index (Phi) is 5.95. The summed E-state index contributed by atoms with van der Waals surface area (Å²) in [6.45, 7) is 7.08. The first-order chi connectivity index (χ1) is 9.92. The molecule has 7 heteroatoms. The molecule has 21 heavy (non-hydrogen) atoms. The van der Waals surface area contributed by atoms with Gasteiger partial charge < -0.3 is 14.5 Å². The Labute approximate surface area is 123 Å². The van der Waals surface area contributed by atoms with E-state index in [1.165, 1.54) is 6.92 Å². The number of nitrogens with one attached hydrogen (secondary N) is 2. The monoisotopic (exact) mass is 296 g/mol. The number of Topliss-reactive ketones (excluding diaryl/α,β-unsaturated/α-hetero) is 1. The predicted octanol–water partition coefficient (Wildman–Crippen LogP) is 2.50. The summed E-state index contributed by atoms with van der Waals surface area (Å²) in [7, 11) is 0. The molecule has 0 saturated heterocycles. The number of hydrogen-bond acceptors (Lipinski definition) is 5. The number of urea groups is 1. The highest BCUT2D eigenvalue weighted by Crippen LogP contribution is 2.28. The van der Waals surface area contributed by atoms with E-state index in [9.17, 15) is 14.4 Å². The predicted molar refractivity (Wildman–Crippen MR) is 76.7 cm³/mol. The molecule has 0 aromatic carbocycles. The van der Waals surface area contributed by atoms with Crippen LogP contribution >= 0.6 is 0 Å². The Morgan fingerprint density at radius 2 is 1.86 bits per heavy atom. The number of carbonyl (C=O) groups is 3. The van der Waals surface area contributed by atoms with Crippen molar-refractivity contribution in [2.24, 2.45) is 0 Å². The standard InChI is InChI=1S/C14H20N2O5/c1-5-7-15-14(19)16-12-11(13(18)20-6-2)10(8(3)17)9(4)21-12/h5-7H2,1-4H3,(H2,15,16,19). The first kappa shape index (κ1) is 16.7. The average molecular weight is 296 g/mol. The summed E-state index contributed by atoms with van der Waals surface area (Å²) in [4.78, 5) is 35.3. The quantitative estimate of drug-likeness (QED) is 0.621. The van der Waals surface area contributed by atoms with Crippen molar-refractivity contribution < 1.29 is 23.5 Å². The van der Waals surface area contributed by atoms with Crippen molar-refractivity contribution in [2.45, 2.75) is 34.1 Å². The zero-order valence-electron chi connectivity index (χ0n) is 12.7. The second kappa shape index (κ2) is 7.47. The molecule has 0 unspecified atom stereocenters. The number of esters is 1. The maximum absolute atomic E-state index is 12.0. The Hall–Kier alpha value is -2.31. The van der Waals surface area contributed by atoms with Gasteiger partial charge in [-0.05, 0) is 27.2 Å². The molecule has 0 aliphatic heterocycles. The number of aryl methyl sites for hydroxylation is 1. The van der Waals surface area contributed by atoms with Crippen LogP contribution in [0.4, 0.5) is 10.7 Å². The SMILES string of the molecule is CCCNC(=O)Nc1oc(C)c(C(C)=O)c1C(=O)OCC. The van der Waals surface area contributed by atoms with E-state index in [2.05, 4.69) is 10.6 Å². The van der Waals surface area contributed by atoms with E-state index in [1.54, 1.807) is 13.8 Å². The van der Waals surface area contributed by atoms with E-state index < -0.39 is 12.0 Å². The molecule has 1 heterocycles. The molecule has 7 nitrogen and oxygen atoms in total. The van der Waals surface area contributed by atoms with Crippen LogP contribution in [0.15, 0.2) is 4.42 Å². The maximum Gasteiger partial charge on any atom is 0.344 e. The molecule has 0 bridgehead atoms. The molecule has 0 atom stereocenters. The minimum atomic E-state index is -0.703. The van der Waals surface area contributed by atoms with E-state index in [0.717, 1.165) is 6.42 Å². The average Bonchev–Trinajstić information content (AvgIpc) is 2.73. The van der Waals surface area contributed by atoms with Crippen molar-refractivity contribution in [1.82, 2.24) is 5.32 Å². The van der Waals surface area contributed by atoms with Gasteiger partial charge in [0, 0.05) is 6.54 Å². The van der Waals surface area contributed by atoms with Crippen molar-refractivity contribution in [3.8, 4) is 0 Å². The third-order valence-corrected chi connectivity index (χ3v) is 2.68. The van der Waals surface area contributed by atoms with Gasteiger partial charge in [0.15, 0.2) is 5.78 Å². The van der Waals surface area contributed by atoms with E-state index in [-0.39, 0.29) is 35.2 Å². The van der Waals surface area contributed by atoms with Crippen LogP contribution in [0.5, 0.6) is 0 Å². The lowest BCUT2D eigenvalue weighted by Gasteiger charge is -2.06. The van der Waals surface area contributed by atoms with Crippen LogP contribution in [-0.4, -0.2) is 30.9 Å². The molecule has 0 aliphatic carbocycles. The molecule has 1 aromatic heterocycles. The summed E-state index contributed by atoms with van der Waals surface area (Å²) < 4.78 is 10.2. The highest BCUT2D eigenvalue weighted by molar-refractivity contribution is 6.10. The molecule has 0 spiro atoms. The van der Waals surface area contributed by atoms with Crippen molar-refractivity contribution in [3.05, 3.63) is 16.9 Å². The molecule has 116 valence electrons. The third-order valence-electron chi connectivity index (χ3n) is 2.68. The van der Waals surface area contributed by atoms with Crippen molar-refractivity contribution in [2.75, 3.05) is 18.5 Å². The van der Waals surface area contributed by atoms with Gasteiger partial charge in [-0.25, -0.2) is 9.59 Å². The van der Waals surface area contributed by atoms with Crippen molar-refractivity contribution >= 4 is 23.7 Å². The van der Waals surface area contributed by atoms with Gasteiger partial charge in [-0.1, -0.05) is 6.92 Å². The lowest BCUT2D eigenvalue weighted by molar-refractivity contribution is 0.0524. The van der Waals surface area contributed by atoms with Gasteiger partial charge in [0.1, 0.15) is 11.3 Å². The van der Waals surface area contributed by atoms with Crippen LogP contribution in [0, 0.1) is 6.92 Å². The second-order valence-corrected chi connectivity index (χ2v) is 4.39. The fourth-order valence-corrected chi connectivity index (χ4v) is 1.84. The molecule has 2 amide bonds. The normalized spacial score (nSPS) is 10.1. The zero-order valence-corrected chi connectivity index (χ0v) is 12.7. The number of anilines is 1. The minimum absolute atomic E-state index is 0.0477. The number of carbonyl (C=O) groups excluding carboxylic acids is 3. The number of furan rings is 1. The number of ether oxygens (including phenoxy) is 1. The van der Waals surface area contributed by atoms with Gasteiger partial charge >= 0.3 is 12.0 Å². The third kappa shape index (κ3) is 4.08. The van der Waals surface area contributed by atoms with E-state index >= 15 is 0 Å². The first-order valence-electron chi connectivity index (χ1n) is 6.78. The van der Waals surface area contributed by atoms with Gasteiger partial charge in [-0.3, -0.25) is 10.1 Å². The summed E-state index contributed by atoms with van der Waals surface area (Å²) in [6, 6.07) is -0.508. The van der Waals surface area contributed by atoms with Gasteiger partial charge in [0.05, 0.1) is 12.2 Å². The number of amides is 2. The van der Waals surface area contributed by atoms with Crippen LogP contribution < -0.4 is 10.6 Å². The van der Waals surface area contributed by atoms with Gasteiger partial charge in [0.25, 0.3) is 0 Å². The summed E-state index contributed by atoms with van der Waals surface area (Å²) in [5.41, 5.74) is 0.0766. The van der Waals surface area contributed by atoms with Crippen LogP contribution in [-0.2, 0) is 4.74 Å². The van der Waals surface area contributed by atoms with Gasteiger partial charge in [-0.2, -0.15) is 0 Å². The van der Waals surface area contributed by atoms with E-state index in [0.29, 0.717) is 6.54 Å². The number of rotatable bonds is 6. The summed E-state index contributed by atoms with van der Waals surface area (Å²) in [6.07, 6.45) is 0.772. The zero-order chi connectivity index (χ0) is 16.0. The van der Waals surface area contributed by atoms with Crippen molar-refractivity contribution in [3.63, 3.8) is 0 Å².